The molecule has 0 aliphatic carbocycles. The van der Waals surface area contributed by atoms with Crippen LogP contribution in [0.5, 0.6) is 5.75 Å². The monoisotopic (exact) mass is 575 g/mol. The number of H-pyrrole nitrogens is 1. The molecular weight excluding hydrogens is 538 g/mol. The van der Waals surface area contributed by atoms with Crippen molar-refractivity contribution in [2.45, 2.75) is 70.2 Å². The molecule has 5 rings (SSSR count). The molecule has 0 radical (unpaired) electrons. The minimum Gasteiger partial charge on any atom is -0.497 e. The van der Waals surface area contributed by atoms with E-state index < -0.39 is 41.8 Å². The second kappa shape index (κ2) is 11.8. The van der Waals surface area contributed by atoms with E-state index in [2.05, 4.69) is 15.6 Å². The second-order valence-corrected chi connectivity index (χ2v) is 11.7. The Kier molecular flexibility index (Phi) is 8.11. The number of alkyl carbamates (subject to hydrolysis) is 1. The fourth-order valence-corrected chi connectivity index (χ4v) is 5.67. The summed E-state index contributed by atoms with van der Waals surface area (Å²) >= 11 is 0. The van der Waals surface area contributed by atoms with Gasteiger partial charge >= 0.3 is 12.1 Å². The zero-order valence-electron chi connectivity index (χ0n) is 24.3. The van der Waals surface area contributed by atoms with E-state index in [1.807, 2.05) is 30.5 Å². The molecule has 3 atom stereocenters. The minimum atomic E-state index is -0.944. The number of benzene rings is 2. The number of rotatable bonds is 7. The average molecular weight is 576 g/mol. The maximum absolute atomic E-state index is 13.8. The van der Waals surface area contributed by atoms with Crippen LogP contribution in [0, 0.1) is 0 Å². The lowest BCUT2D eigenvalue weighted by atomic mass is 9.91. The maximum Gasteiger partial charge on any atom is 0.408 e. The number of imide groups is 1. The zero-order valence-corrected chi connectivity index (χ0v) is 24.3. The fourth-order valence-electron chi connectivity index (χ4n) is 5.67. The fraction of sp³-hybridized carbons (Fsp3) is 0.419. The number of methoxy groups -OCH3 is 1. The third-order valence-corrected chi connectivity index (χ3v) is 7.61. The summed E-state index contributed by atoms with van der Waals surface area (Å²) in [6.45, 7) is 5.74. The third-order valence-electron chi connectivity index (χ3n) is 7.61. The van der Waals surface area contributed by atoms with Crippen LogP contribution in [0.15, 0.2) is 54.7 Å². The molecule has 5 amide bonds. The highest BCUT2D eigenvalue weighted by atomic mass is 16.6. The van der Waals surface area contributed by atoms with Crippen molar-refractivity contribution in [1.82, 2.24) is 20.5 Å². The molecule has 11 nitrogen and oxygen atoms in total. The summed E-state index contributed by atoms with van der Waals surface area (Å²) in [7, 11) is 1.55. The van der Waals surface area contributed by atoms with Crippen LogP contribution in [-0.2, 0) is 20.7 Å². The summed E-state index contributed by atoms with van der Waals surface area (Å²) < 4.78 is 10.6. The minimum absolute atomic E-state index is 0.0648. The molecule has 3 N–H and O–H groups in total. The van der Waals surface area contributed by atoms with E-state index >= 15 is 0 Å². The SMILES string of the molecule is COc1ccc(N2C(=O)C[C@H]3[C@H](NC(=O)[C@H](Cc4c[nH]c5ccccc45)NC(=O)OC(C)(C)C)CCCN3C2=O)cc1. The van der Waals surface area contributed by atoms with Gasteiger partial charge in [0.15, 0.2) is 0 Å². The lowest BCUT2D eigenvalue weighted by Crippen LogP contribution is -2.66. The number of fused-ring (bicyclic) bond motifs is 2. The number of carbonyl (C=O) groups is 4. The molecule has 0 spiro atoms. The maximum atomic E-state index is 13.8. The lowest BCUT2D eigenvalue weighted by Gasteiger charge is -2.46. The molecule has 2 aromatic carbocycles. The lowest BCUT2D eigenvalue weighted by molar-refractivity contribution is -0.126. The molecule has 2 aliphatic rings. The van der Waals surface area contributed by atoms with Crippen molar-refractivity contribution in [2.24, 2.45) is 0 Å². The number of piperidine rings is 1. The van der Waals surface area contributed by atoms with Crippen LogP contribution >= 0.6 is 0 Å². The molecule has 2 aliphatic heterocycles. The van der Waals surface area contributed by atoms with Gasteiger partial charge in [-0.15, -0.1) is 0 Å². The number of aromatic amines is 1. The van der Waals surface area contributed by atoms with Gasteiger partial charge < -0.3 is 30.0 Å². The van der Waals surface area contributed by atoms with Crippen molar-refractivity contribution < 1.29 is 28.7 Å². The normalized spacial score (nSPS) is 19.7. The third kappa shape index (κ3) is 6.19. The predicted molar refractivity (Wildman–Crippen MR) is 157 cm³/mol. The predicted octanol–water partition coefficient (Wildman–Crippen LogP) is 4.12. The topological polar surface area (TPSA) is 133 Å². The number of carbonyl (C=O) groups excluding carboxylic acids is 4. The highest BCUT2D eigenvalue weighted by Crippen LogP contribution is 2.31. The van der Waals surface area contributed by atoms with Crippen LogP contribution in [0.1, 0.15) is 45.6 Å². The van der Waals surface area contributed by atoms with Crippen molar-refractivity contribution >= 4 is 40.5 Å². The molecule has 11 heteroatoms. The number of hydrogen-bond acceptors (Lipinski definition) is 6. The van der Waals surface area contributed by atoms with E-state index in [1.165, 1.54) is 4.90 Å². The first-order valence-electron chi connectivity index (χ1n) is 14.2. The smallest absolute Gasteiger partial charge is 0.408 e. The van der Waals surface area contributed by atoms with Gasteiger partial charge in [-0.05, 0) is 69.5 Å². The van der Waals surface area contributed by atoms with Crippen LogP contribution in [0.3, 0.4) is 0 Å². The summed E-state index contributed by atoms with van der Waals surface area (Å²) in [4.78, 5) is 59.3. The van der Waals surface area contributed by atoms with Crippen molar-refractivity contribution in [1.29, 1.82) is 0 Å². The number of ether oxygens (including phenoxy) is 2. The van der Waals surface area contributed by atoms with Crippen LogP contribution in [0.2, 0.25) is 0 Å². The van der Waals surface area contributed by atoms with Gasteiger partial charge in [-0.25, -0.2) is 14.5 Å². The van der Waals surface area contributed by atoms with Gasteiger partial charge in [0.1, 0.15) is 17.4 Å². The molecule has 2 saturated heterocycles. The van der Waals surface area contributed by atoms with E-state index in [9.17, 15) is 19.2 Å². The Labute approximate surface area is 244 Å². The molecule has 2 fully saturated rings. The standard InChI is InChI=1S/C31H37N5O6/c1-31(2,3)42-29(39)34-25(16-19-18-32-23-9-6-5-8-22(19)23)28(38)33-24-10-7-15-35-26(24)17-27(37)36(30(35)40)20-11-13-21(41-4)14-12-20/h5-6,8-9,11-14,18,24-26,32H,7,10,15-17H2,1-4H3,(H,33,38)(H,34,39)/t24-,25+,26+/m1/s1. The molecule has 0 saturated carbocycles. The summed E-state index contributed by atoms with van der Waals surface area (Å²) in [6.07, 6.45) is 2.67. The largest absolute Gasteiger partial charge is 0.497 e. The number of nitrogens with zero attached hydrogens (tertiary/aromatic N) is 2. The highest BCUT2D eigenvalue weighted by molar-refractivity contribution is 6.16. The van der Waals surface area contributed by atoms with Crippen LogP contribution < -0.4 is 20.3 Å². The van der Waals surface area contributed by atoms with Crippen molar-refractivity contribution in [2.75, 3.05) is 18.6 Å². The quantitative estimate of drug-likeness (QED) is 0.388. The highest BCUT2D eigenvalue weighted by Gasteiger charge is 2.45. The van der Waals surface area contributed by atoms with Gasteiger partial charge in [-0.1, -0.05) is 18.2 Å². The molecular formula is C31H37N5O6. The first-order valence-corrected chi connectivity index (χ1v) is 14.2. The Balaban J connectivity index is 1.34. The number of urea groups is 1. The number of amides is 5. The Bertz CT molecular complexity index is 1480. The second-order valence-electron chi connectivity index (χ2n) is 11.7. The van der Waals surface area contributed by atoms with Gasteiger partial charge in [0, 0.05) is 36.1 Å². The van der Waals surface area contributed by atoms with Gasteiger partial charge in [-0.3, -0.25) is 9.59 Å². The molecule has 3 aromatic rings. The number of aromatic nitrogens is 1. The first-order chi connectivity index (χ1) is 20.0. The summed E-state index contributed by atoms with van der Waals surface area (Å²) in [6, 6.07) is 12.2. The summed E-state index contributed by atoms with van der Waals surface area (Å²) in [5.41, 5.74) is 1.52. The van der Waals surface area contributed by atoms with E-state index in [0.29, 0.717) is 30.8 Å². The molecule has 222 valence electrons. The Morgan fingerprint density at radius 3 is 2.55 bits per heavy atom. The summed E-state index contributed by atoms with van der Waals surface area (Å²) in [5, 5.41) is 6.75. The molecule has 0 bridgehead atoms. The zero-order chi connectivity index (χ0) is 30.0. The molecule has 3 heterocycles. The van der Waals surface area contributed by atoms with Gasteiger partial charge in [0.2, 0.25) is 11.8 Å². The van der Waals surface area contributed by atoms with Crippen molar-refractivity contribution in [3.05, 3.63) is 60.3 Å². The van der Waals surface area contributed by atoms with E-state index in [0.717, 1.165) is 16.5 Å². The first kappa shape index (κ1) is 29.0. The molecule has 1 aromatic heterocycles. The van der Waals surface area contributed by atoms with Crippen LogP contribution in [0.25, 0.3) is 10.9 Å². The summed E-state index contributed by atoms with van der Waals surface area (Å²) in [5.74, 6) is -0.123. The van der Waals surface area contributed by atoms with Crippen LogP contribution in [-0.4, -0.2) is 71.2 Å². The number of hydrogen-bond donors (Lipinski definition) is 3. The van der Waals surface area contributed by atoms with E-state index in [1.54, 1.807) is 57.0 Å². The Hall–Kier alpha value is -4.54. The van der Waals surface area contributed by atoms with Gasteiger partial charge in [0.25, 0.3) is 0 Å². The number of para-hydroxylation sites is 1. The van der Waals surface area contributed by atoms with Gasteiger partial charge in [0.05, 0.1) is 25.3 Å². The van der Waals surface area contributed by atoms with Crippen molar-refractivity contribution in [3.63, 3.8) is 0 Å². The average Bonchev–Trinajstić information content (AvgIpc) is 3.35. The molecule has 42 heavy (non-hydrogen) atoms. The number of anilines is 1. The molecule has 0 unspecified atom stereocenters. The van der Waals surface area contributed by atoms with E-state index in [-0.39, 0.29) is 18.7 Å². The Morgan fingerprint density at radius 2 is 1.83 bits per heavy atom. The Morgan fingerprint density at radius 1 is 1.10 bits per heavy atom. The van der Waals surface area contributed by atoms with E-state index in [4.69, 9.17) is 9.47 Å². The van der Waals surface area contributed by atoms with Gasteiger partial charge in [-0.2, -0.15) is 0 Å². The van der Waals surface area contributed by atoms with Crippen molar-refractivity contribution in [3.8, 4) is 5.75 Å². The van der Waals surface area contributed by atoms with Crippen LogP contribution in [0.4, 0.5) is 15.3 Å². The number of nitrogens with one attached hydrogen (secondary N) is 3.